The molecule has 1 unspecified atom stereocenters. The molecule has 1 rings (SSSR count). The molecule has 102 valence electrons. The van der Waals surface area contributed by atoms with Crippen LogP contribution >= 0.6 is 0 Å². The number of likely N-dealkylation sites (N-methyl/N-ethyl adjacent to an activating group) is 1. The Morgan fingerprint density at radius 3 is 2.84 bits per heavy atom. The van der Waals surface area contributed by atoms with Gasteiger partial charge in [-0.15, -0.1) is 0 Å². The van der Waals surface area contributed by atoms with Crippen molar-refractivity contribution in [3.05, 3.63) is 29.8 Å². The third kappa shape index (κ3) is 3.97. The highest BCUT2D eigenvalue weighted by molar-refractivity contribution is 5.85. The predicted octanol–water partition coefficient (Wildman–Crippen LogP) is 1.15. The molecular weight excluding hydrogens is 242 g/mol. The summed E-state index contributed by atoms with van der Waals surface area (Å²) in [5.41, 5.74) is 1.31. The number of hydrogen-bond donors (Lipinski definition) is 1. The molecule has 1 amide bonds. The van der Waals surface area contributed by atoms with Gasteiger partial charge in [-0.25, -0.2) is 0 Å². The Morgan fingerprint density at radius 2 is 2.21 bits per heavy atom. The van der Waals surface area contributed by atoms with Gasteiger partial charge < -0.3 is 15.0 Å². The summed E-state index contributed by atoms with van der Waals surface area (Å²) in [5.74, 6) is -0.0905. The average Bonchev–Trinajstić information content (AvgIpc) is 2.45. The molecule has 5 heteroatoms. The maximum atomic E-state index is 11.9. The number of nitriles is 1. The summed E-state index contributed by atoms with van der Waals surface area (Å²) in [6, 6.07) is 9.00. The SMILES string of the molecule is COCCNC(=O)C(C)N(C)c1ccccc1C#N. The fourth-order valence-electron chi connectivity index (χ4n) is 1.68. The third-order valence-corrected chi connectivity index (χ3v) is 2.97. The van der Waals surface area contributed by atoms with Crippen molar-refractivity contribution in [2.45, 2.75) is 13.0 Å². The number of methoxy groups -OCH3 is 1. The Kier molecular flexibility index (Phi) is 5.83. The van der Waals surface area contributed by atoms with Crippen molar-refractivity contribution in [1.29, 1.82) is 5.26 Å². The quantitative estimate of drug-likeness (QED) is 0.780. The first-order valence-electron chi connectivity index (χ1n) is 6.10. The molecule has 0 aliphatic heterocycles. The van der Waals surface area contributed by atoms with Gasteiger partial charge in [-0.05, 0) is 19.1 Å². The lowest BCUT2D eigenvalue weighted by atomic mass is 10.1. The van der Waals surface area contributed by atoms with Crippen molar-refractivity contribution in [1.82, 2.24) is 5.32 Å². The van der Waals surface area contributed by atoms with Crippen LogP contribution in [0, 0.1) is 11.3 Å². The number of hydrogen-bond acceptors (Lipinski definition) is 4. The summed E-state index contributed by atoms with van der Waals surface area (Å²) in [6.45, 7) is 2.76. The Balaban J connectivity index is 2.73. The minimum absolute atomic E-state index is 0.0905. The van der Waals surface area contributed by atoms with Crippen LogP contribution in [0.4, 0.5) is 5.69 Å². The monoisotopic (exact) mass is 261 g/mol. The molecule has 0 fully saturated rings. The van der Waals surface area contributed by atoms with Crippen LogP contribution in [0.2, 0.25) is 0 Å². The number of nitrogens with zero attached hydrogens (tertiary/aromatic N) is 2. The smallest absolute Gasteiger partial charge is 0.242 e. The molecule has 1 N–H and O–H groups in total. The van der Waals surface area contributed by atoms with Crippen molar-refractivity contribution >= 4 is 11.6 Å². The van der Waals surface area contributed by atoms with Gasteiger partial charge in [0.1, 0.15) is 12.1 Å². The molecule has 0 heterocycles. The summed E-state index contributed by atoms with van der Waals surface area (Å²) in [6.07, 6.45) is 0. The number of anilines is 1. The van der Waals surface area contributed by atoms with Crippen LogP contribution < -0.4 is 10.2 Å². The lowest BCUT2D eigenvalue weighted by molar-refractivity contribution is -0.122. The zero-order chi connectivity index (χ0) is 14.3. The number of benzene rings is 1. The van der Waals surface area contributed by atoms with Crippen LogP contribution in [0.25, 0.3) is 0 Å². The van der Waals surface area contributed by atoms with Crippen LogP contribution in [-0.2, 0) is 9.53 Å². The molecule has 0 aliphatic rings. The lowest BCUT2D eigenvalue weighted by Crippen LogP contribution is -2.44. The lowest BCUT2D eigenvalue weighted by Gasteiger charge is -2.26. The second-order valence-electron chi connectivity index (χ2n) is 4.20. The van der Waals surface area contributed by atoms with E-state index in [-0.39, 0.29) is 11.9 Å². The van der Waals surface area contributed by atoms with Gasteiger partial charge in [0.25, 0.3) is 0 Å². The Morgan fingerprint density at radius 1 is 1.53 bits per heavy atom. The molecule has 0 aromatic heterocycles. The van der Waals surface area contributed by atoms with E-state index in [0.29, 0.717) is 18.7 Å². The zero-order valence-corrected chi connectivity index (χ0v) is 11.5. The Hall–Kier alpha value is -2.06. The molecule has 0 aliphatic carbocycles. The van der Waals surface area contributed by atoms with Crippen LogP contribution in [0.15, 0.2) is 24.3 Å². The summed E-state index contributed by atoms with van der Waals surface area (Å²) in [5, 5.41) is 11.9. The Bertz CT molecular complexity index is 468. The summed E-state index contributed by atoms with van der Waals surface area (Å²) < 4.78 is 4.88. The van der Waals surface area contributed by atoms with Gasteiger partial charge in [-0.2, -0.15) is 5.26 Å². The predicted molar refractivity (Wildman–Crippen MR) is 73.9 cm³/mol. The number of rotatable bonds is 6. The van der Waals surface area contributed by atoms with Gasteiger partial charge in [0.15, 0.2) is 0 Å². The van der Waals surface area contributed by atoms with Gasteiger partial charge in [0, 0.05) is 20.7 Å². The van der Waals surface area contributed by atoms with E-state index in [2.05, 4.69) is 11.4 Å². The molecule has 0 bridgehead atoms. The molecule has 1 aromatic carbocycles. The molecular formula is C14H19N3O2. The Labute approximate surface area is 113 Å². The molecule has 0 radical (unpaired) electrons. The van der Waals surface area contributed by atoms with E-state index in [1.54, 1.807) is 38.1 Å². The van der Waals surface area contributed by atoms with Crippen molar-refractivity contribution in [2.24, 2.45) is 0 Å². The number of carbonyl (C=O) groups is 1. The summed E-state index contributed by atoms with van der Waals surface area (Å²) in [4.78, 5) is 13.7. The van der Waals surface area contributed by atoms with E-state index in [9.17, 15) is 4.79 Å². The van der Waals surface area contributed by atoms with E-state index in [1.165, 1.54) is 0 Å². The van der Waals surface area contributed by atoms with Crippen molar-refractivity contribution in [2.75, 3.05) is 32.2 Å². The minimum atomic E-state index is -0.355. The largest absolute Gasteiger partial charge is 0.383 e. The van der Waals surface area contributed by atoms with Gasteiger partial charge >= 0.3 is 0 Å². The highest BCUT2D eigenvalue weighted by Gasteiger charge is 2.19. The highest BCUT2D eigenvalue weighted by Crippen LogP contribution is 2.20. The molecule has 1 aromatic rings. The van der Waals surface area contributed by atoms with E-state index in [4.69, 9.17) is 10.00 Å². The molecule has 19 heavy (non-hydrogen) atoms. The topological polar surface area (TPSA) is 65.4 Å². The van der Waals surface area contributed by atoms with Gasteiger partial charge in [-0.1, -0.05) is 12.1 Å². The molecule has 0 saturated carbocycles. The van der Waals surface area contributed by atoms with E-state index < -0.39 is 0 Å². The second-order valence-corrected chi connectivity index (χ2v) is 4.20. The summed E-state index contributed by atoms with van der Waals surface area (Å²) >= 11 is 0. The molecule has 1 atom stereocenters. The van der Waals surface area contributed by atoms with Crippen LogP contribution in [0.1, 0.15) is 12.5 Å². The number of carbonyl (C=O) groups excluding carboxylic acids is 1. The minimum Gasteiger partial charge on any atom is -0.383 e. The van der Waals surface area contributed by atoms with Crippen molar-refractivity contribution in [3.63, 3.8) is 0 Å². The van der Waals surface area contributed by atoms with E-state index >= 15 is 0 Å². The third-order valence-electron chi connectivity index (χ3n) is 2.97. The van der Waals surface area contributed by atoms with Crippen molar-refractivity contribution < 1.29 is 9.53 Å². The number of nitrogens with one attached hydrogen (secondary N) is 1. The second kappa shape index (κ2) is 7.39. The molecule has 0 spiro atoms. The fraction of sp³-hybridized carbons (Fsp3) is 0.429. The first-order chi connectivity index (χ1) is 9.11. The van der Waals surface area contributed by atoms with E-state index in [1.807, 2.05) is 12.1 Å². The van der Waals surface area contributed by atoms with E-state index in [0.717, 1.165) is 5.69 Å². The number of para-hydroxylation sites is 1. The maximum absolute atomic E-state index is 11.9. The first kappa shape index (κ1) is 15.0. The van der Waals surface area contributed by atoms with Crippen LogP contribution in [-0.4, -0.2) is 39.3 Å². The highest BCUT2D eigenvalue weighted by atomic mass is 16.5. The zero-order valence-electron chi connectivity index (χ0n) is 11.5. The summed E-state index contributed by atoms with van der Waals surface area (Å²) in [7, 11) is 3.39. The first-order valence-corrected chi connectivity index (χ1v) is 6.10. The average molecular weight is 261 g/mol. The molecule has 5 nitrogen and oxygen atoms in total. The fourth-order valence-corrected chi connectivity index (χ4v) is 1.68. The molecule has 0 saturated heterocycles. The number of amides is 1. The van der Waals surface area contributed by atoms with Crippen LogP contribution in [0.3, 0.4) is 0 Å². The van der Waals surface area contributed by atoms with Crippen molar-refractivity contribution in [3.8, 4) is 6.07 Å². The standard InChI is InChI=1S/C14H19N3O2/c1-11(14(18)16-8-9-19-3)17(2)13-7-5-4-6-12(13)10-15/h4-7,11H,8-9H2,1-3H3,(H,16,18). The van der Waals surface area contributed by atoms with Crippen LogP contribution in [0.5, 0.6) is 0 Å². The van der Waals surface area contributed by atoms with Gasteiger partial charge in [0.2, 0.25) is 5.91 Å². The maximum Gasteiger partial charge on any atom is 0.242 e. The number of ether oxygens (including phenoxy) is 1. The van der Waals surface area contributed by atoms with Gasteiger partial charge in [-0.3, -0.25) is 4.79 Å². The van der Waals surface area contributed by atoms with Gasteiger partial charge in [0.05, 0.1) is 17.9 Å². The normalized spacial score (nSPS) is 11.5.